The van der Waals surface area contributed by atoms with E-state index in [0.29, 0.717) is 17.1 Å². The molecular weight excluding hydrogens is 537 g/mol. The SMILES string of the molecule is O=C(O)CCC(=O)N(C1CCC1)[C@H]1c2ccc(Cl)cc2N(C(=O)c2cccc(OC(F)(F)F)c2)[C@@H]2CCC[C@@H]21. The number of anilines is 1. The van der Waals surface area contributed by atoms with Crippen molar-refractivity contribution < 1.29 is 37.4 Å². The van der Waals surface area contributed by atoms with E-state index in [9.17, 15) is 32.7 Å². The average Bonchev–Trinajstić information content (AvgIpc) is 3.31. The van der Waals surface area contributed by atoms with E-state index in [1.165, 1.54) is 12.1 Å². The lowest BCUT2D eigenvalue weighted by Gasteiger charge is -2.51. The molecule has 0 radical (unpaired) electrons. The van der Waals surface area contributed by atoms with Crippen LogP contribution in [0.2, 0.25) is 5.02 Å². The van der Waals surface area contributed by atoms with Crippen molar-refractivity contribution in [3.8, 4) is 5.75 Å². The highest BCUT2D eigenvalue weighted by Crippen LogP contribution is 2.53. The van der Waals surface area contributed by atoms with Crippen molar-refractivity contribution in [2.75, 3.05) is 4.90 Å². The maximum atomic E-state index is 13.9. The molecule has 0 unspecified atom stereocenters. The lowest BCUT2D eigenvalue weighted by Crippen LogP contribution is -2.55. The van der Waals surface area contributed by atoms with Gasteiger partial charge in [-0.15, -0.1) is 13.2 Å². The summed E-state index contributed by atoms with van der Waals surface area (Å²) in [6.45, 7) is 0. The first-order valence-electron chi connectivity index (χ1n) is 13.1. The number of amides is 2. The number of rotatable bonds is 7. The number of carbonyl (C=O) groups is 3. The highest BCUT2D eigenvalue weighted by molar-refractivity contribution is 6.31. The van der Waals surface area contributed by atoms with Gasteiger partial charge in [0.1, 0.15) is 5.75 Å². The number of nitrogens with zero attached hydrogens (tertiary/aromatic N) is 2. The van der Waals surface area contributed by atoms with Gasteiger partial charge < -0.3 is 19.6 Å². The van der Waals surface area contributed by atoms with Crippen molar-refractivity contribution in [2.24, 2.45) is 5.92 Å². The summed E-state index contributed by atoms with van der Waals surface area (Å²) in [4.78, 5) is 42.1. The molecular formula is C28H28ClF3N2O5. The van der Waals surface area contributed by atoms with E-state index in [1.807, 2.05) is 4.90 Å². The van der Waals surface area contributed by atoms with E-state index < -0.39 is 24.0 Å². The maximum absolute atomic E-state index is 13.9. The minimum Gasteiger partial charge on any atom is -0.481 e. The van der Waals surface area contributed by atoms with Crippen LogP contribution in [0.15, 0.2) is 42.5 Å². The normalized spacial score (nSPS) is 22.5. The Balaban J connectivity index is 1.56. The van der Waals surface area contributed by atoms with Crippen LogP contribution in [0.1, 0.15) is 73.3 Å². The lowest BCUT2D eigenvalue weighted by molar-refractivity contribution is -0.274. The van der Waals surface area contributed by atoms with Crippen molar-refractivity contribution in [2.45, 2.75) is 75.9 Å². The first-order chi connectivity index (χ1) is 18.5. The van der Waals surface area contributed by atoms with Gasteiger partial charge in [0.05, 0.1) is 18.2 Å². The number of alkyl halides is 3. The second-order valence-corrected chi connectivity index (χ2v) is 10.8. The van der Waals surface area contributed by atoms with E-state index in [2.05, 4.69) is 4.74 Å². The van der Waals surface area contributed by atoms with Crippen LogP contribution in [0.25, 0.3) is 0 Å². The minimum absolute atomic E-state index is 0.0143. The maximum Gasteiger partial charge on any atom is 0.573 e. The first kappa shape index (κ1) is 27.3. The van der Waals surface area contributed by atoms with E-state index >= 15 is 0 Å². The third kappa shape index (κ3) is 5.57. The van der Waals surface area contributed by atoms with Crippen LogP contribution < -0.4 is 9.64 Å². The van der Waals surface area contributed by atoms with Crippen molar-refractivity contribution in [3.63, 3.8) is 0 Å². The molecule has 11 heteroatoms. The van der Waals surface area contributed by atoms with Crippen molar-refractivity contribution in [1.29, 1.82) is 0 Å². The van der Waals surface area contributed by atoms with Gasteiger partial charge in [-0.1, -0.05) is 30.2 Å². The van der Waals surface area contributed by atoms with Crippen LogP contribution in [0.3, 0.4) is 0 Å². The van der Waals surface area contributed by atoms with Gasteiger partial charge in [0.25, 0.3) is 5.91 Å². The van der Waals surface area contributed by atoms with Gasteiger partial charge in [-0.2, -0.15) is 0 Å². The number of halogens is 4. The zero-order valence-electron chi connectivity index (χ0n) is 21.0. The summed E-state index contributed by atoms with van der Waals surface area (Å²) in [7, 11) is 0. The molecule has 7 nitrogen and oxygen atoms in total. The third-order valence-electron chi connectivity index (χ3n) is 7.98. The molecule has 0 aromatic heterocycles. The molecule has 2 aromatic carbocycles. The number of carbonyl (C=O) groups excluding carboxylic acids is 2. The molecule has 3 aliphatic rings. The number of ether oxygens (including phenoxy) is 1. The number of hydrogen-bond donors (Lipinski definition) is 1. The summed E-state index contributed by atoms with van der Waals surface area (Å²) in [6, 6.07) is 9.47. The third-order valence-corrected chi connectivity index (χ3v) is 8.22. The number of carboxylic acids is 1. The summed E-state index contributed by atoms with van der Waals surface area (Å²) in [5.41, 5.74) is 1.28. The molecule has 2 amide bonds. The van der Waals surface area contributed by atoms with Crippen LogP contribution in [-0.2, 0) is 9.59 Å². The Morgan fingerprint density at radius 2 is 1.77 bits per heavy atom. The summed E-state index contributed by atoms with van der Waals surface area (Å²) in [6.07, 6.45) is -0.454. The number of carboxylic acid groups (broad SMARTS) is 1. The zero-order chi connectivity index (χ0) is 27.9. The van der Waals surface area contributed by atoms with Gasteiger partial charge >= 0.3 is 12.3 Å². The Labute approximate surface area is 228 Å². The van der Waals surface area contributed by atoms with Crippen LogP contribution >= 0.6 is 11.6 Å². The molecule has 1 aliphatic heterocycles. The topological polar surface area (TPSA) is 87.2 Å². The number of aliphatic carboxylic acids is 1. The lowest BCUT2D eigenvalue weighted by atomic mass is 9.78. The predicted molar refractivity (Wildman–Crippen MR) is 137 cm³/mol. The number of benzene rings is 2. The molecule has 5 rings (SSSR count). The molecule has 0 spiro atoms. The molecule has 2 saturated carbocycles. The van der Waals surface area contributed by atoms with E-state index in [1.54, 1.807) is 23.1 Å². The number of hydrogen-bond acceptors (Lipinski definition) is 4. The fourth-order valence-corrected chi connectivity index (χ4v) is 6.38. The van der Waals surface area contributed by atoms with Crippen LogP contribution in [0, 0.1) is 5.92 Å². The van der Waals surface area contributed by atoms with Crippen LogP contribution in [0.5, 0.6) is 5.75 Å². The Hall–Kier alpha value is -3.27. The van der Waals surface area contributed by atoms with Crippen LogP contribution in [-0.4, -0.2) is 46.2 Å². The second-order valence-electron chi connectivity index (χ2n) is 10.3. The minimum atomic E-state index is -4.89. The number of fused-ring (bicyclic) bond motifs is 2. The average molecular weight is 565 g/mol. The molecule has 2 fully saturated rings. The first-order valence-corrected chi connectivity index (χ1v) is 13.4. The highest BCUT2D eigenvalue weighted by atomic mass is 35.5. The summed E-state index contributed by atoms with van der Waals surface area (Å²) < 4.78 is 42.5. The van der Waals surface area contributed by atoms with Gasteiger partial charge in [0.15, 0.2) is 0 Å². The zero-order valence-corrected chi connectivity index (χ0v) is 21.8. The van der Waals surface area contributed by atoms with Crippen molar-refractivity contribution in [1.82, 2.24) is 4.90 Å². The fourth-order valence-electron chi connectivity index (χ4n) is 6.22. The van der Waals surface area contributed by atoms with E-state index in [-0.39, 0.29) is 48.4 Å². The van der Waals surface area contributed by atoms with Gasteiger partial charge in [0.2, 0.25) is 5.91 Å². The quantitative estimate of drug-likeness (QED) is 0.423. The molecule has 0 bridgehead atoms. The predicted octanol–water partition coefficient (Wildman–Crippen LogP) is 6.35. The Morgan fingerprint density at radius 3 is 2.44 bits per heavy atom. The molecule has 2 aromatic rings. The molecule has 1 N–H and O–H groups in total. The van der Waals surface area contributed by atoms with Gasteiger partial charge in [-0.3, -0.25) is 14.4 Å². The monoisotopic (exact) mass is 564 g/mol. The standard InChI is InChI=1S/C28H28ClF3N2O5/c29-17-10-11-21-23(15-17)34(27(38)16-4-1-7-19(14-16)39-28(30,31)32)22-9-3-8-20(22)26(21)33(18-5-2-6-18)24(35)12-13-25(36)37/h1,4,7,10-11,14-15,18,20,22,26H,2-3,5-6,8-9,12-13H2,(H,36,37)/t20-,22+,26+/m0/s1. The van der Waals surface area contributed by atoms with Crippen molar-refractivity contribution >= 4 is 35.1 Å². The molecule has 208 valence electrons. The van der Waals surface area contributed by atoms with Gasteiger partial charge in [-0.25, -0.2) is 0 Å². The molecule has 0 saturated heterocycles. The van der Waals surface area contributed by atoms with Crippen LogP contribution in [0.4, 0.5) is 18.9 Å². The Bertz CT molecular complexity index is 1280. The fraction of sp³-hybridized carbons (Fsp3) is 0.464. The van der Waals surface area contributed by atoms with Gasteiger partial charge in [-0.05, 0) is 68.0 Å². The second kappa shape index (κ2) is 10.7. The molecule has 2 aliphatic carbocycles. The Morgan fingerprint density at radius 1 is 1.03 bits per heavy atom. The van der Waals surface area contributed by atoms with E-state index in [0.717, 1.165) is 49.8 Å². The highest BCUT2D eigenvalue weighted by Gasteiger charge is 2.50. The summed E-state index contributed by atoms with van der Waals surface area (Å²) >= 11 is 6.38. The molecule has 1 heterocycles. The summed E-state index contributed by atoms with van der Waals surface area (Å²) in [5.74, 6) is -2.35. The van der Waals surface area contributed by atoms with E-state index in [4.69, 9.17) is 11.6 Å². The summed E-state index contributed by atoms with van der Waals surface area (Å²) in [5, 5.41) is 9.57. The smallest absolute Gasteiger partial charge is 0.481 e. The molecule has 3 atom stereocenters. The van der Waals surface area contributed by atoms with Crippen molar-refractivity contribution in [3.05, 3.63) is 58.6 Å². The van der Waals surface area contributed by atoms with Gasteiger partial charge in [0, 0.05) is 35.0 Å². The molecule has 39 heavy (non-hydrogen) atoms. The largest absolute Gasteiger partial charge is 0.573 e. The Kier molecular flexibility index (Phi) is 7.50.